The Morgan fingerprint density at radius 1 is 1.38 bits per heavy atom. The lowest BCUT2D eigenvalue weighted by molar-refractivity contribution is -0.135. The van der Waals surface area contributed by atoms with Gasteiger partial charge in [0.05, 0.1) is 7.11 Å². The highest BCUT2D eigenvalue weighted by Gasteiger charge is 2.20. The van der Waals surface area contributed by atoms with Crippen molar-refractivity contribution in [2.45, 2.75) is 32.9 Å². The minimum Gasteiger partial charge on any atom is -0.493 e. The van der Waals surface area contributed by atoms with Gasteiger partial charge in [0, 0.05) is 26.2 Å². The molecule has 1 atom stereocenters. The second-order valence-corrected chi connectivity index (χ2v) is 5.12. The van der Waals surface area contributed by atoms with E-state index in [-0.39, 0.29) is 5.91 Å². The third-order valence-electron chi connectivity index (χ3n) is 3.11. The van der Waals surface area contributed by atoms with Gasteiger partial charge in [-0.3, -0.25) is 4.79 Å². The lowest BCUT2D eigenvalue weighted by atomic mass is 10.1. The Morgan fingerprint density at radius 3 is 2.67 bits per heavy atom. The monoisotopic (exact) mass is 294 g/mol. The molecule has 5 nitrogen and oxygen atoms in total. The molecule has 0 fully saturated rings. The van der Waals surface area contributed by atoms with Gasteiger partial charge in [-0.25, -0.2) is 0 Å². The Balaban J connectivity index is 2.93. The Morgan fingerprint density at radius 2 is 2.10 bits per heavy atom. The molecule has 0 aromatic heterocycles. The summed E-state index contributed by atoms with van der Waals surface area (Å²) in [6.45, 7) is 5.48. The lowest BCUT2D eigenvalue weighted by Crippen LogP contribution is -2.35. The average Bonchev–Trinajstić information content (AvgIpc) is 2.47. The van der Waals surface area contributed by atoms with Crippen LogP contribution in [0, 0.1) is 0 Å². The zero-order valence-electron chi connectivity index (χ0n) is 13.6. The van der Waals surface area contributed by atoms with Crippen molar-refractivity contribution in [1.29, 1.82) is 0 Å². The van der Waals surface area contributed by atoms with Crippen molar-refractivity contribution < 1.29 is 14.3 Å². The summed E-state index contributed by atoms with van der Waals surface area (Å²) in [4.78, 5) is 13.5. The molecule has 0 aliphatic heterocycles. The lowest BCUT2D eigenvalue weighted by Gasteiger charge is -2.21. The van der Waals surface area contributed by atoms with Crippen LogP contribution in [0.5, 0.6) is 11.5 Å². The first-order valence-corrected chi connectivity index (χ1v) is 7.25. The number of para-hydroxylation sites is 1. The number of ether oxygens (including phenoxy) is 2. The fourth-order valence-electron chi connectivity index (χ4n) is 1.99. The quantitative estimate of drug-likeness (QED) is 0.746. The van der Waals surface area contributed by atoms with Crippen molar-refractivity contribution in [3.05, 3.63) is 23.8 Å². The minimum absolute atomic E-state index is 0.0756. The molecule has 1 amide bonds. The number of rotatable bonds is 8. The highest BCUT2D eigenvalue weighted by Crippen LogP contribution is 2.32. The first-order chi connectivity index (χ1) is 10.0. The van der Waals surface area contributed by atoms with Crippen molar-refractivity contribution in [3.63, 3.8) is 0 Å². The van der Waals surface area contributed by atoms with Gasteiger partial charge in [0.25, 0.3) is 5.91 Å². The molecule has 5 heteroatoms. The Hall–Kier alpha value is -1.75. The highest BCUT2D eigenvalue weighted by atomic mass is 16.5. The molecule has 21 heavy (non-hydrogen) atoms. The number of benzene rings is 1. The van der Waals surface area contributed by atoms with Crippen LogP contribution in [0.15, 0.2) is 18.2 Å². The van der Waals surface area contributed by atoms with E-state index in [1.807, 2.05) is 18.2 Å². The van der Waals surface area contributed by atoms with E-state index in [0.717, 1.165) is 18.5 Å². The number of carbonyl (C=O) groups is 1. The highest BCUT2D eigenvalue weighted by molar-refractivity contribution is 5.80. The molecule has 1 N–H and O–H groups in total. The van der Waals surface area contributed by atoms with Gasteiger partial charge in [0.2, 0.25) is 0 Å². The standard InChI is InChI=1S/C16H26N2O3/c1-6-10-17-11-13-8-7-9-14(20-5)15(13)21-12(2)16(19)18(3)4/h7-9,12,17H,6,10-11H2,1-5H3. The molecule has 118 valence electrons. The van der Waals surface area contributed by atoms with E-state index in [0.29, 0.717) is 18.0 Å². The van der Waals surface area contributed by atoms with Crippen LogP contribution in [0.4, 0.5) is 0 Å². The van der Waals surface area contributed by atoms with Gasteiger partial charge in [-0.15, -0.1) is 0 Å². The van der Waals surface area contributed by atoms with E-state index < -0.39 is 6.10 Å². The zero-order chi connectivity index (χ0) is 15.8. The summed E-state index contributed by atoms with van der Waals surface area (Å²) in [6.07, 6.45) is 0.511. The van der Waals surface area contributed by atoms with E-state index in [2.05, 4.69) is 12.2 Å². The second-order valence-electron chi connectivity index (χ2n) is 5.12. The average molecular weight is 294 g/mol. The minimum atomic E-state index is -0.554. The molecule has 0 aliphatic rings. The molecule has 0 aliphatic carbocycles. The normalized spacial score (nSPS) is 11.9. The fraction of sp³-hybridized carbons (Fsp3) is 0.562. The van der Waals surface area contributed by atoms with Crippen LogP contribution in [-0.4, -0.2) is 44.7 Å². The largest absolute Gasteiger partial charge is 0.493 e. The van der Waals surface area contributed by atoms with Crippen LogP contribution < -0.4 is 14.8 Å². The third kappa shape index (κ3) is 4.93. The van der Waals surface area contributed by atoms with Crippen molar-refractivity contribution in [2.24, 2.45) is 0 Å². The molecule has 0 saturated heterocycles. The maximum Gasteiger partial charge on any atom is 0.262 e. The number of hydrogen-bond donors (Lipinski definition) is 1. The Kier molecular flexibility index (Phi) is 7.02. The SMILES string of the molecule is CCCNCc1cccc(OC)c1OC(C)C(=O)N(C)C. The van der Waals surface area contributed by atoms with E-state index in [1.165, 1.54) is 4.90 Å². The first kappa shape index (κ1) is 17.3. The van der Waals surface area contributed by atoms with Crippen LogP contribution in [0.25, 0.3) is 0 Å². The van der Waals surface area contributed by atoms with Gasteiger partial charge in [-0.2, -0.15) is 0 Å². The van der Waals surface area contributed by atoms with Crippen LogP contribution >= 0.6 is 0 Å². The molecule has 0 radical (unpaired) electrons. The number of hydrogen-bond acceptors (Lipinski definition) is 4. The summed E-state index contributed by atoms with van der Waals surface area (Å²) in [5, 5.41) is 3.34. The predicted octanol–water partition coefficient (Wildman–Crippen LogP) is 2.05. The first-order valence-electron chi connectivity index (χ1n) is 7.25. The van der Waals surface area contributed by atoms with Crippen molar-refractivity contribution in [1.82, 2.24) is 10.2 Å². The van der Waals surface area contributed by atoms with Gasteiger partial charge < -0.3 is 19.7 Å². The number of likely N-dealkylation sites (N-methyl/N-ethyl adjacent to an activating group) is 1. The zero-order valence-corrected chi connectivity index (χ0v) is 13.6. The van der Waals surface area contributed by atoms with Crippen molar-refractivity contribution in [3.8, 4) is 11.5 Å². The summed E-state index contributed by atoms with van der Waals surface area (Å²) < 4.78 is 11.2. The Labute approximate surface area is 127 Å². The number of amides is 1. The van der Waals surface area contributed by atoms with Crippen molar-refractivity contribution >= 4 is 5.91 Å². The molecule has 0 heterocycles. The van der Waals surface area contributed by atoms with E-state index >= 15 is 0 Å². The molecule has 1 unspecified atom stereocenters. The molecule has 1 rings (SSSR count). The van der Waals surface area contributed by atoms with Crippen LogP contribution in [0.1, 0.15) is 25.8 Å². The van der Waals surface area contributed by atoms with Gasteiger partial charge in [-0.05, 0) is 26.0 Å². The topological polar surface area (TPSA) is 50.8 Å². The van der Waals surface area contributed by atoms with Crippen LogP contribution in [0.3, 0.4) is 0 Å². The number of nitrogens with one attached hydrogen (secondary N) is 1. The Bertz CT molecular complexity index is 461. The molecule has 0 saturated carbocycles. The number of methoxy groups -OCH3 is 1. The maximum absolute atomic E-state index is 12.0. The summed E-state index contributed by atoms with van der Waals surface area (Å²) in [6, 6.07) is 5.74. The summed E-state index contributed by atoms with van der Waals surface area (Å²) in [5.74, 6) is 1.20. The van der Waals surface area contributed by atoms with Crippen LogP contribution in [0.2, 0.25) is 0 Å². The maximum atomic E-state index is 12.0. The molecule has 1 aromatic rings. The summed E-state index contributed by atoms with van der Waals surface area (Å²) >= 11 is 0. The summed E-state index contributed by atoms with van der Waals surface area (Å²) in [5.41, 5.74) is 0.987. The molecule has 0 bridgehead atoms. The van der Waals surface area contributed by atoms with Crippen LogP contribution in [-0.2, 0) is 11.3 Å². The van der Waals surface area contributed by atoms with Gasteiger partial charge in [0.15, 0.2) is 17.6 Å². The smallest absolute Gasteiger partial charge is 0.262 e. The van der Waals surface area contributed by atoms with E-state index in [1.54, 1.807) is 28.1 Å². The van der Waals surface area contributed by atoms with Gasteiger partial charge in [-0.1, -0.05) is 19.1 Å². The molecule has 1 aromatic carbocycles. The molecular weight excluding hydrogens is 268 g/mol. The number of nitrogens with zero attached hydrogens (tertiary/aromatic N) is 1. The summed E-state index contributed by atoms with van der Waals surface area (Å²) in [7, 11) is 5.03. The fourth-order valence-corrected chi connectivity index (χ4v) is 1.99. The van der Waals surface area contributed by atoms with Gasteiger partial charge >= 0.3 is 0 Å². The predicted molar refractivity (Wildman–Crippen MR) is 83.8 cm³/mol. The number of carbonyl (C=O) groups excluding carboxylic acids is 1. The van der Waals surface area contributed by atoms with E-state index in [4.69, 9.17) is 9.47 Å². The third-order valence-corrected chi connectivity index (χ3v) is 3.11. The van der Waals surface area contributed by atoms with E-state index in [9.17, 15) is 4.79 Å². The van der Waals surface area contributed by atoms with Crippen molar-refractivity contribution in [2.75, 3.05) is 27.7 Å². The molecular formula is C16H26N2O3. The van der Waals surface area contributed by atoms with Gasteiger partial charge in [0.1, 0.15) is 0 Å². The second kappa shape index (κ2) is 8.52. The molecule has 0 spiro atoms.